The zero-order valence-corrected chi connectivity index (χ0v) is 20.2. The van der Waals surface area contributed by atoms with Crippen molar-refractivity contribution in [3.05, 3.63) is 58.2 Å². The summed E-state index contributed by atoms with van der Waals surface area (Å²) in [4.78, 5) is 0. The van der Waals surface area contributed by atoms with Crippen molar-refractivity contribution < 1.29 is 50.1 Å². The zero-order chi connectivity index (χ0) is 25.1. The van der Waals surface area contributed by atoms with Crippen LogP contribution in [0.25, 0.3) is 0 Å². The molecule has 0 saturated carbocycles. The molecule has 0 atom stereocenters. The Kier molecular flexibility index (Phi) is 9.16. The molecule has 2 nitrogen and oxygen atoms in total. The molecule has 2 rings (SSSR count). The normalized spacial score (nSPS) is 11.8. The Bertz CT molecular complexity index is 891. The van der Waals surface area contributed by atoms with Crippen molar-refractivity contribution in [2.75, 3.05) is 0 Å². The Morgan fingerprint density at radius 2 is 0.697 bits per heavy atom. The summed E-state index contributed by atoms with van der Waals surface area (Å²) < 4.78 is 149. The molecule has 0 heterocycles. The SMILES string of the molecule is CCC[CH2][Sn]([CH2]CCC)([O]c1c(F)c(F)c(F)c(F)c1F)[O]c1c(F)c(F)c(F)c(F)c1F. The number of halogens is 10. The van der Waals surface area contributed by atoms with Crippen molar-refractivity contribution in [3.8, 4) is 11.5 Å². The van der Waals surface area contributed by atoms with Crippen molar-refractivity contribution in [1.82, 2.24) is 0 Å². The number of hydrogen-bond acceptors (Lipinski definition) is 2. The molecule has 0 fully saturated rings. The molecule has 0 radical (unpaired) electrons. The van der Waals surface area contributed by atoms with Gasteiger partial charge in [-0.25, -0.2) is 0 Å². The second kappa shape index (κ2) is 11.0. The van der Waals surface area contributed by atoms with E-state index in [2.05, 4.69) is 0 Å². The minimum atomic E-state index is -5.42. The van der Waals surface area contributed by atoms with Gasteiger partial charge in [0.25, 0.3) is 0 Å². The van der Waals surface area contributed by atoms with Crippen molar-refractivity contribution in [2.24, 2.45) is 0 Å². The molecule has 0 unspecified atom stereocenters. The quantitative estimate of drug-likeness (QED) is 0.121. The molecule has 0 aliphatic carbocycles. The molecule has 0 spiro atoms. The first-order valence-electron chi connectivity index (χ1n) is 9.83. The first-order valence-corrected chi connectivity index (χ1v) is 16.2. The average Bonchev–Trinajstić information content (AvgIpc) is 2.81. The van der Waals surface area contributed by atoms with E-state index in [0.717, 1.165) is 0 Å². The first-order chi connectivity index (χ1) is 15.4. The van der Waals surface area contributed by atoms with Gasteiger partial charge in [-0.05, 0) is 0 Å². The van der Waals surface area contributed by atoms with E-state index in [0.29, 0.717) is 12.8 Å². The molecular formula is C20H18F10O2Sn. The summed E-state index contributed by atoms with van der Waals surface area (Å²) in [7, 11) is 0. The molecule has 184 valence electrons. The number of benzene rings is 2. The van der Waals surface area contributed by atoms with Crippen molar-refractivity contribution in [1.29, 1.82) is 0 Å². The predicted octanol–water partition coefficient (Wildman–Crippen LogP) is 7.58. The molecule has 0 aromatic heterocycles. The standard InChI is InChI=1S/2C6HF5O.2C4H9.Sn/c2*7-1-2(8)4(10)6(12)5(11)3(1)9;2*1-3-4-2;/h2*12H;2*1,3-4H2,2H3;/q;;;;+2/p-2. The van der Waals surface area contributed by atoms with E-state index in [1.54, 1.807) is 13.8 Å². The third kappa shape index (κ3) is 5.46. The van der Waals surface area contributed by atoms with Gasteiger partial charge in [-0.3, -0.25) is 0 Å². The van der Waals surface area contributed by atoms with Crippen molar-refractivity contribution >= 4 is 19.2 Å². The van der Waals surface area contributed by atoms with Crippen LogP contribution in [-0.4, -0.2) is 19.2 Å². The number of hydrogen-bond donors (Lipinski definition) is 0. The molecule has 0 aliphatic heterocycles. The molecule has 13 heteroatoms. The average molecular weight is 599 g/mol. The van der Waals surface area contributed by atoms with Crippen LogP contribution in [0.1, 0.15) is 39.5 Å². The molecule has 0 saturated heterocycles. The molecule has 0 N–H and O–H groups in total. The van der Waals surface area contributed by atoms with Gasteiger partial charge in [0.15, 0.2) is 0 Å². The summed E-state index contributed by atoms with van der Waals surface area (Å²) in [6.45, 7) is 3.29. The van der Waals surface area contributed by atoms with E-state index >= 15 is 0 Å². The van der Waals surface area contributed by atoms with Crippen LogP contribution in [0.2, 0.25) is 8.87 Å². The van der Waals surface area contributed by atoms with Crippen LogP contribution in [0.3, 0.4) is 0 Å². The van der Waals surface area contributed by atoms with Crippen molar-refractivity contribution in [2.45, 2.75) is 48.4 Å². The summed E-state index contributed by atoms with van der Waals surface area (Å²) >= 11 is -5.42. The first kappa shape index (κ1) is 27.4. The van der Waals surface area contributed by atoms with Gasteiger partial charge in [-0.2, -0.15) is 0 Å². The van der Waals surface area contributed by atoms with Gasteiger partial charge in [0, 0.05) is 0 Å². The third-order valence-electron chi connectivity index (χ3n) is 4.74. The topological polar surface area (TPSA) is 18.5 Å². The van der Waals surface area contributed by atoms with Crippen LogP contribution in [-0.2, 0) is 0 Å². The molecule has 2 aromatic rings. The molecule has 33 heavy (non-hydrogen) atoms. The van der Waals surface area contributed by atoms with E-state index in [1.165, 1.54) is 0 Å². The van der Waals surface area contributed by atoms with Gasteiger partial charge in [0.1, 0.15) is 0 Å². The third-order valence-corrected chi connectivity index (χ3v) is 14.4. The minimum absolute atomic E-state index is 0.157. The van der Waals surface area contributed by atoms with Crippen LogP contribution in [0.4, 0.5) is 43.9 Å². The Morgan fingerprint density at radius 3 is 0.939 bits per heavy atom. The van der Waals surface area contributed by atoms with Crippen LogP contribution in [0, 0.1) is 58.2 Å². The Labute approximate surface area is 187 Å². The van der Waals surface area contributed by atoms with Gasteiger partial charge in [0.2, 0.25) is 0 Å². The maximum absolute atomic E-state index is 14.3. The van der Waals surface area contributed by atoms with Gasteiger partial charge in [-0.15, -0.1) is 0 Å². The summed E-state index contributed by atoms with van der Waals surface area (Å²) in [5, 5.41) is 0. The fourth-order valence-electron chi connectivity index (χ4n) is 2.96. The monoisotopic (exact) mass is 600 g/mol. The van der Waals surface area contributed by atoms with Gasteiger partial charge < -0.3 is 0 Å². The van der Waals surface area contributed by atoms with Gasteiger partial charge in [0.05, 0.1) is 0 Å². The Balaban J connectivity index is 2.72. The number of rotatable bonds is 10. The Hall–Kier alpha value is -1.86. The van der Waals surface area contributed by atoms with E-state index in [1.807, 2.05) is 0 Å². The molecule has 0 aliphatic rings. The molecule has 0 amide bonds. The summed E-state index contributed by atoms with van der Waals surface area (Å²) in [5.74, 6) is -27.1. The second-order valence-electron chi connectivity index (χ2n) is 7.12. The van der Waals surface area contributed by atoms with E-state index in [4.69, 9.17) is 6.15 Å². The van der Waals surface area contributed by atoms with E-state index < -0.39 is 88.9 Å². The predicted molar refractivity (Wildman–Crippen MR) is 98.9 cm³/mol. The van der Waals surface area contributed by atoms with E-state index in [-0.39, 0.29) is 21.7 Å². The molecule has 0 bridgehead atoms. The number of unbranched alkanes of at least 4 members (excludes halogenated alkanes) is 2. The van der Waals surface area contributed by atoms with Crippen LogP contribution >= 0.6 is 0 Å². The summed E-state index contributed by atoms with van der Waals surface area (Å²) in [6, 6.07) is 0. The van der Waals surface area contributed by atoms with E-state index in [9.17, 15) is 43.9 Å². The van der Waals surface area contributed by atoms with Crippen LogP contribution in [0.5, 0.6) is 11.5 Å². The Morgan fingerprint density at radius 1 is 0.455 bits per heavy atom. The second-order valence-corrected chi connectivity index (χ2v) is 16.3. The van der Waals surface area contributed by atoms with Crippen molar-refractivity contribution in [3.63, 3.8) is 0 Å². The van der Waals surface area contributed by atoms with Gasteiger partial charge in [-0.1, -0.05) is 0 Å². The fourth-order valence-corrected chi connectivity index (χ4v) is 13.2. The maximum atomic E-state index is 14.3. The van der Waals surface area contributed by atoms with Gasteiger partial charge >= 0.3 is 187 Å². The summed E-state index contributed by atoms with van der Waals surface area (Å²) in [6.07, 6.45) is 1.08. The summed E-state index contributed by atoms with van der Waals surface area (Å²) in [5.41, 5.74) is 0. The molecule has 2 aromatic carbocycles. The van der Waals surface area contributed by atoms with Crippen LogP contribution in [0.15, 0.2) is 0 Å². The van der Waals surface area contributed by atoms with Crippen LogP contribution < -0.4 is 6.15 Å². The fraction of sp³-hybridized carbons (Fsp3) is 0.400. The molecular weight excluding hydrogens is 581 g/mol. The zero-order valence-electron chi connectivity index (χ0n) is 17.3.